The first-order valence-electron chi connectivity index (χ1n) is 5.60. The maximum Gasteiger partial charge on any atom is 0.242 e. The molecule has 0 bridgehead atoms. The first-order chi connectivity index (χ1) is 7.93. The zero-order valence-electron chi connectivity index (χ0n) is 10.3. The van der Waals surface area contributed by atoms with Crippen molar-refractivity contribution in [2.24, 2.45) is 0 Å². The van der Waals surface area contributed by atoms with E-state index in [2.05, 4.69) is 41.2 Å². The second kappa shape index (κ2) is 4.00. The molecule has 17 heavy (non-hydrogen) atoms. The standard InChI is InChI=1S/C11H16N4OSi/c1-5-6-8-10-11(17(2,3)4)13-14-15(10)7-9(16)12-8/h1,8H,6-7H2,2-4H3,(H,12,16). The smallest absolute Gasteiger partial charge is 0.242 e. The van der Waals surface area contributed by atoms with Gasteiger partial charge in [0.15, 0.2) is 0 Å². The maximum atomic E-state index is 11.5. The van der Waals surface area contributed by atoms with Gasteiger partial charge in [0, 0.05) is 6.42 Å². The molecule has 0 spiro atoms. The Morgan fingerprint density at radius 1 is 1.59 bits per heavy atom. The maximum absolute atomic E-state index is 11.5. The highest BCUT2D eigenvalue weighted by molar-refractivity contribution is 6.88. The minimum Gasteiger partial charge on any atom is -0.345 e. The van der Waals surface area contributed by atoms with Crippen molar-refractivity contribution < 1.29 is 4.79 Å². The molecule has 2 rings (SSSR count). The van der Waals surface area contributed by atoms with Crippen molar-refractivity contribution in [3.63, 3.8) is 0 Å². The first kappa shape index (κ1) is 11.9. The van der Waals surface area contributed by atoms with Crippen molar-refractivity contribution in [2.45, 2.75) is 38.6 Å². The molecule has 0 aliphatic carbocycles. The SMILES string of the molecule is C#CCC1NC(=O)Cn2nnc([Si](C)(C)C)c21. The van der Waals surface area contributed by atoms with Gasteiger partial charge in [-0.2, -0.15) is 0 Å². The Hall–Kier alpha value is -1.61. The number of hydrogen-bond donors (Lipinski definition) is 1. The summed E-state index contributed by atoms with van der Waals surface area (Å²) >= 11 is 0. The zero-order chi connectivity index (χ0) is 12.6. The molecule has 1 aromatic heterocycles. The van der Waals surface area contributed by atoms with E-state index < -0.39 is 8.07 Å². The van der Waals surface area contributed by atoms with Crippen molar-refractivity contribution in [1.82, 2.24) is 20.3 Å². The number of nitrogens with one attached hydrogen (secondary N) is 1. The Bertz CT molecular complexity index is 495. The van der Waals surface area contributed by atoms with Gasteiger partial charge >= 0.3 is 0 Å². The molecule has 0 radical (unpaired) electrons. The molecule has 1 aromatic rings. The van der Waals surface area contributed by atoms with E-state index >= 15 is 0 Å². The molecule has 2 heterocycles. The summed E-state index contributed by atoms with van der Waals surface area (Å²) in [7, 11) is -1.57. The van der Waals surface area contributed by atoms with Crippen LogP contribution in [0.25, 0.3) is 0 Å². The fourth-order valence-corrected chi connectivity index (χ4v) is 3.44. The van der Waals surface area contributed by atoms with E-state index in [9.17, 15) is 4.79 Å². The van der Waals surface area contributed by atoms with E-state index in [0.717, 1.165) is 11.0 Å². The lowest BCUT2D eigenvalue weighted by molar-refractivity contribution is -0.123. The van der Waals surface area contributed by atoms with E-state index in [1.54, 1.807) is 4.68 Å². The molecule has 1 N–H and O–H groups in total. The molecule has 1 atom stereocenters. The molecule has 0 aromatic carbocycles. The van der Waals surface area contributed by atoms with Gasteiger partial charge in [0.25, 0.3) is 0 Å². The molecule has 0 saturated carbocycles. The summed E-state index contributed by atoms with van der Waals surface area (Å²) in [6, 6.07) is -0.141. The third-order valence-electron chi connectivity index (χ3n) is 2.76. The minimum absolute atomic E-state index is 0.0511. The van der Waals surface area contributed by atoms with Crippen LogP contribution >= 0.6 is 0 Å². The van der Waals surface area contributed by atoms with Crippen LogP contribution in [-0.4, -0.2) is 29.0 Å². The van der Waals surface area contributed by atoms with Crippen molar-refractivity contribution in [1.29, 1.82) is 0 Å². The molecule has 1 amide bonds. The Kier molecular flexibility index (Phi) is 2.79. The topological polar surface area (TPSA) is 59.8 Å². The van der Waals surface area contributed by atoms with E-state index in [1.165, 1.54) is 0 Å². The van der Waals surface area contributed by atoms with E-state index in [0.29, 0.717) is 6.42 Å². The highest BCUT2D eigenvalue weighted by Gasteiger charge is 2.34. The summed E-state index contributed by atoms with van der Waals surface area (Å²) in [4.78, 5) is 11.5. The highest BCUT2D eigenvalue weighted by Crippen LogP contribution is 2.20. The lowest BCUT2D eigenvalue weighted by Gasteiger charge is -2.26. The van der Waals surface area contributed by atoms with Gasteiger partial charge in [-0.3, -0.25) is 4.79 Å². The zero-order valence-corrected chi connectivity index (χ0v) is 11.3. The van der Waals surface area contributed by atoms with Crippen molar-refractivity contribution in [3.8, 4) is 12.3 Å². The van der Waals surface area contributed by atoms with Gasteiger partial charge in [0.2, 0.25) is 5.91 Å². The predicted molar refractivity (Wildman–Crippen MR) is 67.3 cm³/mol. The Balaban J connectivity index is 2.50. The van der Waals surface area contributed by atoms with Crippen LogP contribution in [0.1, 0.15) is 18.2 Å². The summed E-state index contributed by atoms with van der Waals surface area (Å²) in [5, 5.41) is 12.3. The van der Waals surface area contributed by atoms with Crippen LogP contribution in [0.5, 0.6) is 0 Å². The Morgan fingerprint density at radius 2 is 2.29 bits per heavy atom. The number of carbonyl (C=O) groups excluding carboxylic acids is 1. The number of aromatic nitrogens is 3. The van der Waals surface area contributed by atoms with Crippen molar-refractivity contribution in [2.75, 3.05) is 0 Å². The third-order valence-corrected chi connectivity index (χ3v) is 4.54. The van der Waals surface area contributed by atoms with Crippen molar-refractivity contribution in [3.05, 3.63) is 5.69 Å². The fourth-order valence-electron chi connectivity index (χ4n) is 2.03. The van der Waals surface area contributed by atoms with Gasteiger partial charge < -0.3 is 5.32 Å². The molecule has 0 saturated heterocycles. The van der Waals surface area contributed by atoms with Gasteiger partial charge in [0.1, 0.15) is 14.6 Å². The second-order valence-electron chi connectivity index (χ2n) is 5.26. The molecule has 5 nitrogen and oxygen atoms in total. The van der Waals surface area contributed by atoms with E-state index in [4.69, 9.17) is 6.42 Å². The van der Waals surface area contributed by atoms with Crippen molar-refractivity contribution >= 4 is 19.3 Å². The van der Waals surface area contributed by atoms with Crippen LogP contribution in [0.4, 0.5) is 0 Å². The number of terminal acetylenes is 1. The molecule has 90 valence electrons. The van der Waals surface area contributed by atoms with Crippen LogP contribution in [0.15, 0.2) is 0 Å². The first-order valence-corrected chi connectivity index (χ1v) is 9.10. The summed E-state index contributed by atoms with van der Waals surface area (Å²) in [5.74, 6) is 2.55. The minimum atomic E-state index is -1.57. The molecular formula is C11H16N4OSi. The van der Waals surface area contributed by atoms with Crippen LogP contribution in [0, 0.1) is 12.3 Å². The molecule has 0 fully saturated rings. The fraction of sp³-hybridized carbons (Fsp3) is 0.545. The normalized spacial score (nSPS) is 19.4. The quantitative estimate of drug-likeness (QED) is 0.593. The van der Waals surface area contributed by atoms with Gasteiger partial charge in [-0.25, -0.2) is 4.68 Å². The number of fused-ring (bicyclic) bond motifs is 1. The largest absolute Gasteiger partial charge is 0.345 e. The van der Waals surface area contributed by atoms with Gasteiger partial charge in [0.05, 0.1) is 17.1 Å². The van der Waals surface area contributed by atoms with Gasteiger partial charge in [-0.15, -0.1) is 17.4 Å². The lowest BCUT2D eigenvalue weighted by atomic mass is 10.1. The van der Waals surface area contributed by atoms with Crippen LogP contribution in [0.3, 0.4) is 0 Å². The summed E-state index contributed by atoms with van der Waals surface area (Å²) in [6.07, 6.45) is 5.83. The van der Waals surface area contributed by atoms with Crippen LogP contribution in [0.2, 0.25) is 19.6 Å². The Morgan fingerprint density at radius 3 is 2.88 bits per heavy atom. The predicted octanol–water partition coefficient (Wildman–Crippen LogP) is 0.0175. The lowest BCUT2D eigenvalue weighted by Crippen LogP contribution is -2.47. The summed E-state index contributed by atoms with van der Waals surface area (Å²) < 4.78 is 1.69. The number of hydrogen-bond acceptors (Lipinski definition) is 3. The molecule has 6 heteroatoms. The highest BCUT2D eigenvalue weighted by atomic mass is 28.3. The number of amides is 1. The average molecular weight is 248 g/mol. The van der Waals surface area contributed by atoms with Gasteiger partial charge in [-0.1, -0.05) is 24.9 Å². The average Bonchev–Trinajstić information content (AvgIpc) is 2.60. The van der Waals surface area contributed by atoms with Crippen LogP contribution < -0.4 is 10.6 Å². The summed E-state index contributed by atoms with van der Waals surface area (Å²) in [6.45, 7) is 6.87. The number of carbonyl (C=O) groups is 1. The van der Waals surface area contributed by atoms with Gasteiger partial charge in [-0.05, 0) is 0 Å². The van der Waals surface area contributed by atoms with Crippen LogP contribution in [-0.2, 0) is 11.3 Å². The number of rotatable bonds is 2. The summed E-state index contributed by atoms with van der Waals surface area (Å²) in [5.41, 5.74) is 1.00. The monoisotopic (exact) mass is 248 g/mol. The van der Waals surface area contributed by atoms with E-state index in [-0.39, 0.29) is 18.5 Å². The number of nitrogens with zero attached hydrogens (tertiary/aromatic N) is 3. The Labute approximate surface area is 102 Å². The molecular weight excluding hydrogens is 232 g/mol. The van der Waals surface area contributed by atoms with E-state index in [1.807, 2.05) is 0 Å². The second-order valence-corrected chi connectivity index (χ2v) is 10.2. The molecule has 1 unspecified atom stereocenters. The third kappa shape index (κ3) is 2.10. The molecule has 1 aliphatic rings. The molecule has 1 aliphatic heterocycles.